The van der Waals surface area contributed by atoms with Gasteiger partial charge in [-0.2, -0.15) is 18.4 Å². The maximum absolute atomic E-state index is 13.1. The Bertz CT molecular complexity index is 1430. The van der Waals surface area contributed by atoms with E-state index in [-0.39, 0.29) is 21.5 Å². The van der Waals surface area contributed by atoms with Crippen molar-refractivity contribution < 1.29 is 27.4 Å². The van der Waals surface area contributed by atoms with Gasteiger partial charge < -0.3 is 9.47 Å². The molecule has 0 aliphatic carbocycles. The molecule has 0 bridgehead atoms. The summed E-state index contributed by atoms with van der Waals surface area (Å²) in [6.45, 7) is 2.35. The fraction of sp³-hybridized carbons (Fsp3) is 0.148. The number of halogens is 3. The molecule has 4 rings (SSSR count). The van der Waals surface area contributed by atoms with Gasteiger partial charge in [0.2, 0.25) is 0 Å². The molecule has 3 aromatic carbocycles. The van der Waals surface area contributed by atoms with Crippen LogP contribution >= 0.6 is 24.0 Å². The molecule has 0 unspecified atom stereocenters. The number of nitrogens with zero attached hydrogens (tertiary/aromatic N) is 2. The minimum absolute atomic E-state index is 0.0529. The standard InChI is InChI=1S/C27H19F3N2O3S2/c1-2-34-23-12-17(10-11-22(23)35-16-19-7-4-3-6-18(19)15-31)13-24-25(33)32(26(36)37-24)21-9-5-8-20(14-21)27(28,29)30/h3-14H,2,16H2,1H3/b24-13-. The number of thioether (sulfide) groups is 1. The molecule has 1 aliphatic rings. The van der Waals surface area contributed by atoms with E-state index in [0.29, 0.717) is 29.2 Å². The maximum Gasteiger partial charge on any atom is 0.416 e. The number of benzene rings is 3. The summed E-state index contributed by atoms with van der Waals surface area (Å²) < 4.78 is 51.2. The third kappa shape index (κ3) is 5.96. The number of carbonyl (C=O) groups is 1. The summed E-state index contributed by atoms with van der Waals surface area (Å²) in [6, 6.07) is 18.9. The highest BCUT2D eigenvalue weighted by molar-refractivity contribution is 8.27. The van der Waals surface area contributed by atoms with Gasteiger partial charge in [-0.05, 0) is 55.0 Å². The first kappa shape index (κ1) is 26.3. The lowest BCUT2D eigenvalue weighted by Gasteiger charge is -2.16. The molecule has 5 nitrogen and oxygen atoms in total. The van der Waals surface area contributed by atoms with Crippen molar-refractivity contribution in [1.82, 2.24) is 0 Å². The lowest BCUT2D eigenvalue weighted by atomic mass is 10.1. The molecule has 0 atom stereocenters. The average Bonchev–Trinajstić information content (AvgIpc) is 3.15. The molecule has 1 fully saturated rings. The van der Waals surface area contributed by atoms with E-state index in [1.807, 2.05) is 13.0 Å². The van der Waals surface area contributed by atoms with Crippen LogP contribution < -0.4 is 14.4 Å². The van der Waals surface area contributed by atoms with Crippen molar-refractivity contribution in [2.45, 2.75) is 19.7 Å². The first-order valence-corrected chi connectivity index (χ1v) is 12.3. The predicted octanol–water partition coefficient (Wildman–Crippen LogP) is 6.96. The van der Waals surface area contributed by atoms with Crippen LogP contribution in [0.2, 0.25) is 0 Å². The molecule has 188 valence electrons. The summed E-state index contributed by atoms with van der Waals surface area (Å²) in [7, 11) is 0. The minimum Gasteiger partial charge on any atom is -0.490 e. The number of hydrogen-bond donors (Lipinski definition) is 0. The smallest absolute Gasteiger partial charge is 0.416 e. The van der Waals surface area contributed by atoms with Crippen LogP contribution in [0.5, 0.6) is 11.5 Å². The summed E-state index contributed by atoms with van der Waals surface area (Å²) in [6.07, 6.45) is -2.94. The van der Waals surface area contributed by atoms with Crippen molar-refractivity contribution in [2.24, 2.45) is 0 Å². The van der Waals surface area contributed by atoms with E-state index in [1.54, 1.807) is 42.5 Å². The second-order valence-electron chi connectivity index (χ2n) is 7.76. The van der Waals surface area contributed by atoms with E-state index >= 15 is 0 Å². The van der Waals surface area contributed by atoms with Gasteiger partial charge in [0.1, 0.15) is 6.61 Å². The van der Waals surface area contributed by atoms with Gasteiger partial charge in [-0.25, -0.2) is 0 Å². The topological polar surface area (TPSA) is 62.6 Å². The maximum atomic E-state index is 13.1. The molecule has 1 amide bonds. The summed E-state index contributed by atoms with van der Waals surface area (Å²) in [5, 5.41) is 9.28. The third-order valence-electron chi connectivity index (χ3n) is 5.31. The Hall–Kier alpha value is -3.81. The first-order chi connectivity index (χ1) is 17.7. The van der Waals surface area contributed by atoms with Crippen LogP contribution in [0.1, 0.15) is 29.2 Å². The Kier molecular flexibility index (Phi) is 7.86. The van der Waals surface area contributed by atoms with Gasteiger partial charge in [0.25, 0.3) is 5.91 Å². The minimum atomic E-state index is -4.54. The van der Waals surface area contributed by atoms with Crippen molar-refractivity contribution in [2.75, 3.05) is 11.5 Å². The second-order valence-corrected chi connectivity index (χ2v) is 9.44. The largest absolute Gasteiger partial charge is 0.490 e. The predicted molar refractivity (Wildman–Crippen MR) is 140 cm³/mol. The highest BCUT2D eigenvalue weighted by atomic mass is 32.2. The van der Waals surface area contributed by atoms with E-state index in [0.717, 1.165) is 34.4 Å². The zero-order valence-corrected chi connectivity index (χ0v) is 21.0. The van der Waals surface area contributed by atoms with Gasteiger partial charge in [-0.15, -0.1) is 0 Å². The normalized spacial score (nSPS) is 14.7. The van der Waals surface area contributed by atoms with Crippen LogP contribution in [-0.4, -0.2) is 16.8 Å². The van der Waals surface area contributed by atoms with Crippen LogP contribution in [0.15, 0.2) is 71.6 Å². The quantitative estimate of drug-likeness (QED) is 0.239. The third-order valence-corrected chi connectivity index (χ3v) is 6.61. The van der Waals surface area contributed by atoms with Gasteiger partial charge in [-0.1, -0.05) is 54.3 Å². The molecule has 0 N–H and O–H groups in total. The van der Waals surface area contributed by atoms with E-state index in [4.69, 9.17) is 21.7 Å². The van der Waals surface area contributed by atoms with Crippen LogP contribution in [0, 0.1) is 11.3 Å². The number of anilines is 1. The van der Waals surface area contributed by atoms with E-state index in [9.17, 15) is 23.2 Å². The molecule has 1 heterocycles. The highest BCUT2D eigenvalue weighted by Crippen LogP contribution is 2.39. The SMILES string of the molecule is CCOc1cc(/C=C2\SC(=S)N(c3cccc(C(F)(F)F)c3)C2=O)ccc1OCc1ccccc1C#N. The van der Waals surface area contributed by atoms with E-state index in [1.165, 1.54) is 12.1 Å². The van der Waals surface area contributed by atoms with Crippen molar-refractivity contribution in [1.29, 1.82) is 5.26 Å². The molecule has 0 spiro atoms. The molecule has 10 heteroatoms. The lowest BCUT2D eigenvalue weighted by molar-refractivity contribution is -0.137. The number of ether oxygens (including phenoxy) is 2. The molecular weight excluding hydrogens is 521 g/mol. The number of carbonyl (C=O) groups excluding carboxylic acids is 1. The van der Waals surface area contributed by atoms with Crippen LogP contribution in [0.3, 0.4) is 0 Å². The molecule has 1 aliphatic heterocycles. The van der Waals surface area contributed by atoms with Crippen molar-refractivity contribution >= 4 is 46.0 Å². The Morgan fingerprint density at radius 1 is 1.05 bits per heavy atom. The monoisotopic (exact) mass is 540 g/mol. The molecule has 1 saturated heterocycles. The zero-order valence-electron chi connectivity index (χ0n) is 19.4. The van der Waals surface area contributed by atoms with E-state index in [2.05, 4.69) is 6.07 Å². The second kappa shape index (κ2) is 11.1. The number of thiocarbonyl (C=S) groups is 1. The Labute approximate surface area is 221 Å². The highest BCUT2D eigenvalue weighted by Gasteiger charge is 2.36. The zero-order chi connectivity index (χ0) is 26.6. The van der Waals surface area contributed by atoms with Crippen molar-refractivity contribution in [3.63, 3.8) is 0 Å². The van der Waals surface area contributed by atoms with Crippen LogP contribution in [-0.2, 0) is 17.6 Å². The number of hydrogen-bond acceptors (Lipinski definition) is 6. The summed E-state index contributed by atoms with van der Waals surface area (Å²) in [4.78, 5) is 14.4. The van der Waals surface area contributed by atoms with Gasteiger partial charge in [0.05, 0.1) is 34.4 Å². The molecular formula is C27H19F3N2O3S2. The number of rotatable bonds is 7. The Morgan fingerprint density at radius 2 is 1.84 bits per heavy atom. The molecule has 0 aromatic heterocycles. The van der Waals surface area contributed by atoms with Crippen molar-refractivity contribution in [3.05, 3.63) is 93.9 Å². The molecule has 37 heavy (non-hydrogen) atoms. The van der Waals surface area contributed by atoms with Gasteiger partial charge >= 0.3 is 6.18 Å². The lowest BCUT2D eigenvalue weighted by Crippen LogP contribution is -2.27. The summed E-state index contributed by atoms with van der Waals surface area (Å²) >= 11 is 6.30. The van der Waals surface area contributed by atoms with Gasteiger partial charge in [0.15, 0.2) is 15.8 Å². The Balaban J connectivity index is 1.57. The number of alkyl halides is 3. The molecule has 0 saturated carbocycles. The fourth-order valence-electron chi connectivity index (χ4n) is 3.58. The first-order valence-electron chi connectivity index (χ1n) is 11.0. The molecule has 3 aromatic rings. The van der Waals surface area contributed by atoms with Crippen LogP contribution in [0.25, 0.3) is 6.08 Å². The van der Waals surface area contributed by atoms with Crippen LogP contribution in [0.4, 0.5) is 18.9 Å². The van der Waals surface area contributed by atoms with E-state index < -0.39 is 17.6 Å². The Morgan fingerprint density at radius 3 is 2.57 bits per heavy atom. The fourth-order valence-corrected chi connectivity index (χ4v) is 4.87. The number of nitriles is 1. The summed E-state index contributed by atoms with van der Waals surface area (Å²) in [5.41, 5.74) is 1.06. The van der Waals surface area contributed by atoms with Gasteiger partial charge in [0, 0.05) is 5.56 Å². The molecule has 0 radical (unpaired) electrons. The number of amides is 1. The average molecular weight is 541 g/mol. The summed E-state index contributed by atoms with van der Waals surface area (Å²) in [5.74, 6) is 0.392. The van der Waals surface area contributed by atoms with Crippen molar-refractivity contribution in [3.8, 4) is 17.6 Å². The van der Waals surface area contributed by atoms with Gasteiger partial charge in [-0.3, -0.25) is 9.69 Å².